The number of hydrogen-bond donors (Lipinski definition) is 0. The summed E-state index contributed by atoms with van der Waals surface area (Å²) >= 11 is 0. The van der Waals surface area contributed by atoms with Crippen LogP contribution < -0.4 is 0 Å². The second-order valence-electron chi connectivity index (χ2n) is 5.46. The number of aromatic nitrogens is 2. The van der Waals surface area contributed by atoms with Crippen molar-refractivity contribution in [3.05, 3.63) is 47.1 Å². The number of rotatable bonds is 4. The SMILES string of the molecule is CCCc1noc([C@@H](C)N2CCc3ccccc3C2)n1. The molecule has 1 atom stereocenters. The molecule has 0 saturated heterocycles. The molecule has 2 aromatic rings. The fourth-order valence-electron chi connectivity index (χ4n) is 2.77. The maximum absolute atomic E-state index is 5.42. The first-order valence-corrected chi connectivity index (χ1v) is 7.41. The first kappa shape index (κ1) is 13.3. The normalized spacial score (nSPS) is 16.9. The number of nitrogens with zero attached hydrogens (tertiary/aromatic N) is 3. The van der Waals surface area contributed by atoms with E-state index in [9.17, 15) is 0 Å². The summed E-state index contributed by atoms with van der Waals surface area (Å²) in [5.41, 5.74) is 2.88. The zero-order chi connectivity index (χ0) is 13.9. The van der Waals surface area contributed by atoms with E-state index in [-0.39, 0.29) is 6.04 Å². The number of hydrogen-bond acceptors (Lipinski definition) is 4. The number of fused-ring (bicyclic) bond motifs is 1. The third kappa shape index (κ3) is 2.61. The van der Waals surface area contributed by atoms with Crippen molar-refractivity contribution in [3.63, 3.8) is 0 Å². The van der Waals surface area contributed by atoms with Crippen LogP contribution in [0.4, 0.5) is 0 Å². The highest BCUT2D eigenvalue weighted by Crippen LogP contribution is 2.26. The van der Waals surface area contributed by atoms with Gasteiger partial charge in [-0.05, 0) is 30.9 Å². The Bertz CT molecular complexity index is 579. The van der Waals surface area contributed by atoms with Crippen LogP contribution in [0.25, 0.3) is 0 Å². The number of benzene rings is 1. The average Bonchev–Trinajstić information content (AvgIpc) is 2.95. The van der Waals surface area contributed by atoms with Gasteiger partial charge in [0.25, 0.3) is 0 Å². The predicted molar refractivity (Wildman–Crippen MR) is 77.3 cm³/mol. The molecule has 0 unspecified atom stereocenters. The third-order valence-corrected chi connectivity index (χ3v) is 4.02. The van der Waals surface area contributed by atoms with E-state index in [1.54, 1.807) is 0 Å². The maximum Gasteiger partial charge on any atom is 0.243 e. The van der Waals surface area contributed by atoms with Crippen LogP contribution in [0, 0.1) is 0 Å². The van der Waals surface area contributed by atoms with Crippen molar-refractivity contribution in [1.82, 2.24) is 15.0 Å². The van der Waals surface area contributed by atoms with Crippen molar-refractivity contribution in [2.45, 2.75) is 45.7 Å². The zero-order valence-electron chi connectivity index (χ0n) is 12.2. The summed E-state index contributed by atoms with van der Waals surface area (Å²) in [4.78, 5) is 6.92. The van der Waals surface area contributed by atoms with Gasteiger partial charge >= 0.3 is 0 Å². The van der Waals surface area contributed by atoms with Crippen LogP contribution >= 0.6 is 0 Å². The van der Waals surface area contributed by atoms with Gasteiger partial charge in [0.1, 0.15) is 0 Å². The molecule has 20 heavy (non-hydrogen) atoms. The summed E-state index contributed by atoms with van der Waals surface area (Å²) in [5.74, 6) is 1.57. The van der Waals surface area contributed by atoms with E-state index in [2.05, 4.69) is 53.2 Å². The second kappa shape index (κ2) is 5.75. The summed E-state index contributed by atoms with van der Waals surface area (Å²) < 4.78 is 5.42. The molecule has 106 valence electrons. The lowest BCUT2D eigenvalue weighted by atomic mass is 9.99. The molecule has 1 aliphatic heterocycles. The molecular formula is C16H21N3O. The van der Waals surface area contributed by atoms with Gasteiger partial charge in [-0.1, -0.05) is 36.3 Å². The van der Waals surface area contributed by atoms with Crippen LogP contribution in [0.15, 0.2) is 28.8 Å². The van der Waals surface area contributed by atoms with E-state index in [1.165, 1.54) is 11.1 Å². The van der Waals surface area contributed by atoms with Crippen LogP contribution in [0.2, 0.25) is 0 Å². The topological polar surface area (TPSA) is 42.2 Å². The molecule has 0 fully saturated rings. The highest BCUT2D eigenvalue weighted by atomic mass is 16.5. The Morgan fingerprint density at radius 3 is 2.90 bits per heavy atom. The van der Waals surface area contributed by atoms with Gasteiger partial charge in [-0.25, -0.2) is 0 Å². The second-order valence-corrected chi connectivity index (χ2v) is 5.46. The molecule has 1 aliphatic rings. The van der Waals surface area contributed by atoms with Crippen LogP contribution in [0.3, 0.4) is 0 Å². The van der Waals surface area contributed by atoms with E-state index >= 15 is 0 Å². The molecule has 0 spiro atoms. The molecule has 0 N–H and O–H groups in total. The molecule has 3 rings (SSSR count). The fraction of sp³-hybridized carbons (Fsp3) is 0.500. The van der Waals surface area contributed by atoms with Gasteiger partial charge in [0, 0.05) is 19.5 Å². The smallest absolute Gasteiger partial charge is 0.243 e. The molecule has 4 heteroatoms. The molecule has 2 heterocycles. The van der Waals surface area contributed by atoms with Crippen LogP contribution in [0.5, 0.6) is 0 Å². The average molecular weight is 271 g/mol. The first-order valence-electron chi connectivity index (χ1n) is 7.41. The molecule has 0 saturated carbocycles. The maximum atomic E-state index is 5.42. The van der Waals surface area contributed by atoms with Gasteiger partial charge in [0.05, 0.1) is 6.04 Å². The molecule has 0 radical (unpaired) electrons. The van der Waals surface area contributed by atoms with Gasteiger partial charge in [-0.3, -0.25) is 4.90 Å². The molecule has 4 nitrogen and oxygen atoms in total. The van der Waals surface area contributed by atoms with Crippen LogP contribution in [-0.4, -0.2) is 21.6 Å². The van der Waals surface area contributed by atoms with Gasteiger partial charge in [-0.15, -0.1) is 0 Å². The summed E-state index contributed by atoms with van der Waals surface area (Å²) in [6.07, 6.45) is 3.03. The highest BCUT2D eigenvalue weighted by molar-refractivity contribution is 5.29. The van der Waals surface area contributed by atoms with Crippen molar-refractivity contribution in [2.75, 3.05) is 6.54 Å². The Morgan fingerprint density at radius 1 is 1.30 bits per heavy atom. The van der Waals surface area contributed by atoms with Crippen LogP contribution in [0.1, 0.15) is 49.2 Å². The van der Waals surface area contributed by atoms with Gasteiger partial charge in [-0.2, -0.15) is 4.98 Å². The van der Waals surface area contributed by atoms with Crippen LogP contribution in [-0.2, 0) is 19.4 Å². The van der Waals surface area contributed by atoms with Gasteiger partial charge in [0.2, 0.25) is 5.89 Å². The summed E-state index contributed by atoms with van der Waals surface area (Å²) in [6, 6.07) is 8.85. The minimum Gasteiger partial charge on any atom is -0.338 e. The monoisotopic (exact) mass is 271 g/mol. The van der Waals surface area contributed by atoms with E-state index in [0.717, 1.165) is 44.1 Å². The van der Waals surface area contributed by atoms with Crippen molar-refractivity contribution >= 4 is 0 Å². The predicted octanol–water partition coefficient (Wildman–Crippen LogP) is 3.14. The first-order chi connectivity index (χ1) is 9.78. The molecule has 0 bridgehead atoms. The standard InChI is InChI=1S/C16H21N3O/c1-3-6-15-17-16(20-18-15)12(2)19-10-9-13-7-4-5-8-14(13)11-19/h4-5,7-8,12H,3,6,9-11H2,1-2H3/t12-/m1/s1. The van der Waals surface area contributed by atoms with Gasteiger partial charge in [0.15, 0.2) is 5.82 Å². The van der Waals surface area contributed by atoms with Crippen molar-refractivity contribution in [3.8, 4) is 0 Å². The summed E-state index contributed by atoms with van der Waals surface area (Å²) in [5, 5.41) is 4.05. The lowest BCUT2D eigenvalue weighted by molar-refractivity contribution is 0.158. The largest absolute Gasteiger partial charge is 0.338 e. The van der Waals surface area contributed by atoms with E-state index in [4.69, 9.17) is 4.52 Å². The summed E-state index contributed by atoms with van der Waals surface area (Å²) in [7, 11) is 0. The Balaban J connectivity index is 1.73. The molecule has 1 aromatic heterocycles. The third-order valence-electron chi connectivity index (χ3n) is 4.02. The Morgan fingerprint density at radius 2 is 2.10 bits per heavy atom. The lowest BCUT2D eigenvalue weighted by Gasteiger charge is -2.31. The van der Waals surface area contributed by atoms with Crippen molar-refractivity contribution in [2.24, 2.45) is 0 Å². The lowest BCUT2D eigenvalue weighted by Crippen LogP contribution is -2.33. The minimum atomic E-state index is 0.182. The minimum absolute atomic E-state index is 0.182. The van der Waals surface area contributed by atoms with E-state index < -0.39 is 0 Å². The zero-order valence-corrected chi connectivity index (χ0v) is 12.2. The molecule has 0 amide bonds. The highest BCUT2D eigenvalue weighted by Gasteiger charge is 2.25. The molecule has 1 aromatic carbocycles. The quantitative estimate of drug-likeness (QED) is 0.856. The van der Waals surface area contributed by atoms with E-state index in [1.807, 2.05) is 0 Å². The fourth-order valence-corrected chi connectivity index (χ4v) is 2.77. The Labute approximate surface area is 119 Å². The van der Waals surface area contributed by atoms with Crippen molar-refractivity contribution in [1.29, 1.82) is 0 Å². The molecule has 0 aliphatic carbocycles. The Kier molecular flexibility index (Phi) is 3.83. The number of aryl methyl sites for hydroxylation is 1. The van der Waals surface area contributed by atoms with Crippen molar-refractivity contribution < 1.29 is 4.52 Å². The van der Waals surface area contributed by atoms with Gasteiger partial charge < -0.3 is 4.52 Å². The molecular weight excluding hydrogens is 250 g/mol. The Hall–Kier alpha value is -1.68. The van der Waals surface area contributed by atoms with E-state index in [0.29, 0.717) is 0 Å². The summed E-state index contributed by atoms with van der Waals surface area (Å²) in [6.45, 7) is 6.28.